The van der Waals surface area contributed by atoms with Crippen LogP contribution in [-0.4, -0.2) is 5.78 Å². The van der Waals surface area contributed by atoms with Crippen LogP contribution in [0.5, 0.6) is 0 Å². The maximum absolute atomic E-state index is 12.5. The van der Waals surface area contributed by atoms with Crippen molar-refractivity contribution in [3.8, 4) is 11.1 Å². The number of hydrogen-bond acceptors (Lipinski definition) is 1. The Labute approximate surface area is 128 Å². The number of carbonyl (C=O) groups is 1. The molecule has 3 rings (SSSR count). The molecule has 0 bridgehead atoms. The zero-order chi connectivity index (χ0) is 14.7. The summed E-state index contributed by atoms with van der Waals surface area (Å²) in [5.41, 5.74) is 3.46. The first kappa shape index (κ1) is 13.6. The summed E-state index contributed by atoms with van der Waals surface area (Å²) in [5, 5.41) is 0.629. The second-order valence-corrected chi connectivity index (χ2v) is 5.22. The summed E-state index contributed by atoms with van der Waals surface area (Å²) >= 11 is 5.86. The predicted octanol–water partition coefficient (Wildman–Crippen LogP) is 5.24. The number of rotatable bonds is 3. The van der Waals surface area contributed by atoms with Crippen LogP contribution in [0, 0.1) is 0 Å². The molecule has 0 saturated carbocycles. The molecule has 102 valence electrons. The van der Waals surface area contributed by atoms with Crippen LogP contribution in [-0.2, 0) is 0 Å². The second-order valence-electron chi connectivity index (χ2n) is 4.78. The Morgan fingerprint density at radius 3 is 2.05 bits per heavy atom. The lowest BCUT2D eigenvalue weighted by Gasteiger charge is -2.05. The van der Waals surface area contributed by atoms with Crippen LogP contribution >= 0.6 is 11.6 Å². The summed E-state index contributed by atoms with van der Waals surface area (Å²) in [6.07, 6.45) is 0. The van der Waals surface area contributed by atoms with Gasteiger partial charge in [-0.15, -0.1) is 0 Å². The van der Waals surface area contributed by atoms with Crippen molar-refractivity contribution < 1.29 is 4.79 Å². The molecular formula is C19H13ClO. The van der Waals surface area contributed by atoms with Gasteiger partial charge in [0.05, 0.1) is 0 Å². The molecule has 0 aromatic heterocycles. The molecule has 0 spiro atoms. The van der Waals surface area contributed by atoms with E-state index in [1.165, 1.54) is 0 Å². The van der Waals surface area contributed by atoms with Crippen LogP contribution in [0.4, 0.5) is 0 Å². The van der Waals surface area contributed by atoms with Crippen molar-refractivity contribution in [3.05, 3.63) is 95.0 Å². The fourth-order valence-electron chi connectivity index (χ4n) is 2.24. The van der Waals surface area contributed by atoms with Crippen molar-refractivity contribution in [3.63, 3.8) is 0 Å². The lowest BCUT2D eigenvalue weighted by atomic mass is 9.98. The molecular weight excluding hydrogens is 280 g/mol. The van der Waals surface area contributed by atoms with Crippen LogP contribution in [0.15, 0.2) is 78.9 Å². The first-order valence-electron chi connectivity index (χ1n) is 6.70. The average Bonchev–Trinajstić information content (AvgIpc) is 2.56. The van der Waals surface area contributed by atoms with Crippen molar-refractivity contribution in [2.75, 3.05) is 0 Å². The molecule has 0 amide bonds. The highest BCUT2D eigenvalue weighted by molar-refractivity contribution is 6.30. The Hall–Kier alpha value is -2.38. The van der Waals surface area contributed by atoms with Gasteiger partial charge in [0.25, 0.3) is 0 Å². The van der Waals surface area contributed by atoms with Crippen LogP contribution in [0.25, 0.3) is 11.1 Å². The molecule has 0 atom stereocenters. The van der Waals surface area contributed by atoms with Crippen molar-refractivity contribution in [2.45, 2.75) is 0 Å². The fraction of sp³-hybridized carbons (Fsp3) is 0. The van der Waals surface area contributed by atoms with Gasteiger partial charge in [-0.2, -0.15) is 0 Å². The third-order valence-electron chi connectivity index (χ3n) is 3.34. The molecule has 0 radical (unpaired) electrons. The molecule has 0 unspecified atom stereocenters. The van der Waals surface area contributed by atoms with E-state index in [0.717, 1.165) is 11.1 Å². The Kier molecular flexibility index (Phi) is 3.85. The number of hydrogen-bond donors (Lipinski definition) is 0. The van der Waals surface area contributed by atoms with Crippen LogP contribution in [0.3, 0.4) is 0 Å². The van der Waals surface area contributed by atoms with Gasteiger partial charge in [-0.05, 0) is 41.5 Å². The van der Waals surface area contributed by atoms with E-state index in [9.17, 15) is 4.79 Å². The SMILES string of the molecule is O=C(c1ccc(Cl)cc1)c1cccc(-c2ccccc2)c1. The summed E-state index contributed by atoms with van der Waals surface area (Å²) < 4.78 is 0. The quantitative estimate of drug-likeness (QED) is 0.603. The van der Waals surface area contributed by atoms with E-state index in [1.54, 1.807) is 24.3 Å². The second kappa shape index (κ2) is 5.94. The first-order chi connectivity index (χ1) is 10.2. The summed E-state index contributed by atoms with van der Waals surface area (Å²) in [6.45, 7) is 0. The van der Waals surface area contributed by atoms with Gasteiger partial charge in [0, 0.05) is 16.1 Å². The van der Waals surface area contributed by atoms with E-state index in [4.69, 9.17) is 11.6 Å². The van der Waals surface area contributed by atoms with Gasteiger partial charge < -0.3 is 0 Å². The van der Waals surface area contributed by atoms with E-state index in [-0.39, 0.29) is 5.78 Å². The van der Waals surface area contributed by atoms with E-state index >= 15 is 0 Å². The van der Waals surface area contributed by atoms with Gasteiger partial charge in [0.15, 0.2) is 5.78 Å². The lowest BCUT2D eigenvalue weighted by molar-refractivity contribution is 0.103. The molecule has 0 aliphatic heterocycles. The summed E-state index contributed by atoms with van der Waals surface area (Å²) in [6, 6.07) is 24.7. The Morgan fingerprint density at radius 1 is 0.667 bits per heavy atom. The molecule has 2 heteroatoms. The third-order valence-corrected chi connectivity index (χ3v) is 3.59. The molecule has 0 fully saturated rings. The zero-order valence-electron chi connectivity index (χ0n) is 11.3. The normalized spacial score (nSPS) is 10.3. The van der Waals surface area contributed by atoms with Gasteiger partial charge >= 0.3 is 0 Å². The molecule has 0 heterocycles. The molecule has 3 aromatic carbocycles. The molecule has 21 heavy (non-hydrogen) atoms. The molecule has 3 aromatic rings. The topological polar surface area (TPSA) is 17.1 Å². The van der Waals surface area contributed by atoms with E-state index in [1.807, 2.05) is 54.6 Å². The van der Waals surface area contributed by atoms with Gasteiger partial charge in [0.1, 0.15) is 0 Å². The van der Waals surface area contributed by atoms with E-state index < -0.39 is 0 Å². The Morgan fingerprint density at radius 2 is 1.33 bits per heavy atom. The minimum atomic E-state index is 0.00412. The lowest BCUT2D eigenvalue weighted by Crippen LogP contribution is -2.01. The van der Waals surface area contributed by atoms with Crippen LogP contribution in [0.1, 0.15) is 15.9 Å². The number of carbonyl (C=O) groups excluding carboxylic acids is 1. The molecule has 0 N–H and O–H groups in total. The highest BCUT2D eigenvalue weighted by Gasteiger charge is 2.09. The summed E-state index contributed by atoms with van der Waals surface area (Å²) in [5.74, 6) is 0.00412. The summed E-state index contributed by atoms with van der Waals surface area (Å²) in [7, 11) is 0. The van der Waals surface area contributed by atoms with Gasteiger partial charge in [-0.3, -0.25) is 4.79 Å². The number of benzene rings is 3. The molecule has 0 aliphatic carbocycles. The van der Waals surface area contributed by atoms with Crippen molar-refractivity contribution in [1.82, 2.24) is 0 Å². The molecule has 1 nitrogen and oxygen atoms in total. The highest BCUT2D eigenvalue weighted by atomic mass is 35.5. The van der Waals surface area contributed by atoms with Crippen molar-refractivity contribution in [2.24, 2.45) is 0 Å². The summed E-state index contributed by atoms with van der Waals surface area (Å²) in [4.78, 5) is 12.5. The van der Waals surface area contributed by atoms with Gasteiger partial charge in [-0.25, -0.2) is 0 Å². The largest absolute Gasteiger partial charge is 0.289 e. The van der Waals surface area contributed by atoms with Crippen molar-refractivity contribution in [1.29, 1.82) is 0 Å². The zero-order valence-corrected chi connectivity index (χ0v) is 12.0. The third kappa shape index (κ3) is 3.04. The number of halogens is 1. The predicted molar refractivity (Wildman–Crippen MR) is 86.8 cm³/mol. The standard InChI is InChI=1S/C19H13ClO/c20-18-11-9-15(10-12-18)19(21)17-8-4-7-16(13-17)14-5-2-1-3-6-14/h1-13H. The smallest absolute Gasteiger partial charge is 0.193 e. The minimum absolute atomic E-state index is 0.00412. The number of ketones is 1. The van der Waals surface area contributed by atoms with Gasteiger partial charge in [-0.1, -0.05) is 60.1 Å². The van der Waals surface area contributed by atoms with E-state index in [0.29, 0.717) is 16.1 Å². The highest BCUT2D eigenvalue weighted by Crippen LogP contribution is 2.22. The van der Waals surface area contributed by atoms with Crippen molar-refractivity contribution >= 4 is 17.4 Å². The monoisotopic (exact) mass is 292 g/mol. The first-order valence-corrected chi connectivity index (χ1v) is 7.07. The van der Waals surface area contributed by atoms with Crippen LogP contribution in [0.2, 0.25) is 5.02 Å². The Balaban J connectivity index is 1.96. The van der Waals surface area contributed by atoms with Crippen LogP contribution < -0.4 is 0 Å². The maximum atomic E-state index is 12.5. The van der Waals surface area contributed by atoms with Gasteiger partial charge in [0.2, 0.25) is 0 Å². The average molecular weight is 293 g/mol. The fourth-order valence-corrected chi connectivity index (χ4v) is 2.36. The molecule has 0 saturated heterocycles. The minimum Gasteiger partial charge on any atom is -0.289 e. The van der Waals surface area contributed by atoms with E-state index in [2.05, 4.69) is 0 Å². The Bertz CT molecular complexity index is 761. The maximum Gasteiger partial charge on any atom is 0.193 e. The molecule has 0 aliphatic rings.